The van der Waals surface area contributed by atoms with E-state index in [-0.39, 0.29) is 12.5 Å². The SMILES string of the molecule is CCOc1ccc(C(=O)NCc2ccc(OC)cc2)cc1COc1ccc(OC)cc1. The van der Waals surface area contributed by atoms with E-state index in [1.807, 2.05) is 55.5 Å². The molecule has 0 radical (unpaired) electrons. The van der Waals surface area contributed by atoms with Crippen LogP contribution in [0.15, 0.2) is 66.7 Å². The first-order valence-electron chi connectivity index (χ1n) is 10.1. The lowest BCUT2D eigenvalue weighted by Crippen LogP contribution is -2.23. The van der Waals surface area contributed by atoms with Crippen LogP contribution in [0.4, 0.5) is 0 Å². The Balaban J connectivity index is 1.67. The first kappa shape index (κ1) is 22.0. The van der Waals surface area contributed by atoms with Gasteiger partial charge in [-0.3, -0.25) is 4.79 Å². The fourth-order valence-corrected chi connectivity index (χ4v) is 2.99. The van der Waals surface area contributed by atoms with E-state index < -0.39 is 0 Å². The van der Waals surface area contributed by atoms with Gasteiger partial charge in [0.05, 0.1) is 20.8 Å². The van der Waals surface area contributed by atoms with E-state index in [2.05, 4.69) is 5.32 Å². The molecular formula is C25H27NO5. The van der Waals surface area contributed by atoms with Crippen molar-refractivity contribution in [3.63, 3.8) is 0 Å². The first-order chi connectivity index (χ1) is 15.1. The van der Waals surface area contributed by atoms with Crippen molar-refractivity contribution in [2.45, 2.75) is 20.1 Å². The van der Waals surface area contributed by atoms with Crippen LogP contribution >= 0.6 is 0 Å². The summed E-state index contributed by atoms with van der Waals surface area (Å²) in [5.74, 6) is 2.78. The van der Waals surface area contributed by atoms with Crippen molar-refractivity contribution >= 4 is 5.91 Å². The van der Waals surface area contributed by atoms with Crippen molar-refractivity contribution in [2.75, 3.05) is 20.8 Å². The van der Waals surface area contributed by atoms with Crippen LogP contribution in [-0.2, 0) is 13.2 Å². The third kappa shape index (κ3) is 6.15. The third-order valence-electron chi connectivity index (χ3n) is 4.69. The fourth-order valence-electron chi connectivity index (χ4n) is 2.99. The Kier molecular flexibility index (Phi) is 7.76. The second-order valence-corrected chi connectivity index (χ2v) is 6.75. The maximum atomic E-state index is 12.7. The first-order valence-corrected chi connectivity index (χ1v) is 10.1. The maximum Gasteiger partial charge on any atom is 0.251 e. The number of nitrogens with one attached hydrogen (secondary N) is 1. The molecule has 0 aromatic heterocycles. The van der Waals surface area contributed by atoms with Gasteiger partial charge in [-0.2, -0.15) is 0 Å². The van der Waals surface area contributed by atoms with Crippen molar-refractivity contribution in [3.05, 3.63) is 83.4 Å². The fraction of sp³-hybridized carbons (Fsp3) is 0.240. The molecule has 0 atom stereocenters. The standard InChI is InChI=1S/C25H27NO5/c1-4-30-24-14-7-19(25(27)26-16-18-5-8-21(28-2)9-6-18)15-20(24)17-31-23-12-10-22(29-3)11-13-23/h5-15H,4,16-17H2,1-3H3,(H,26,27). The minimum atomic E-state index is -0.162. The number of carbonyl (C=O) groups is 1. The summed E-state index contributed by atoms with van der Waals surface area (Å²) in [5.41, 5.74) is 2.34. The highest BCUT2D eigenvalue weighted by Crippen LogP contribution is 2.24. The normalized spacial score (nSPS) is 10.3. The van der Waals surface area contributed by atoms with Gasteiger partial charge in [0, 0.05) is 17.7 Å². The molecule has 0 saturated heterocycles. The molecule has 3 aromatic carbocycles. The second-order valence-electron chi connectivity index (χ2n) is 6.75. The Bertz CT molecular complexity index is 984. The Morgan fingerprint density at radius 1 is 0.806 bits per heavy atom. The van der Waals surface area contributed by atoms with Gasteiger partial charge in [0.1, 0.15) is 29.6 Å². The molecule has 31 heavy (non-hydrogen) atoms. The van der Waals surface area contributed by atoms with Gasteiger partial charge < -0.3 is 24.3 Å². The zero-order valence-corrected chi connectivity index (χ0v) is 18.0. The summed E-state index contributed by atoms with van der Waals surface area (Å²) < 4.78 is 21.9. The summed E-state index contributed by atoms with van der Waals surface area (Å²) in [6.45, 7) is 3.15. The van der Waals surface area contributed by atoms with E-state index in [0.717, 1.165) is 22.6 Å². The van der Waals surface area contributed by atoms with Gasteiger partial charge in [-0.15, -0.1) is 0 Å². The molecule has 0 saturated carbocycles. The predicted molar refractivity (Wildman–Crippen MR) is 119 cm³/mol. The third-order valence-corrected chi connectivity index (χ3v) is 4.69. The number of ether oxygens (including phenoxy) is 4. The minimum Gasteiger partial charge on any atom is -0.497 e. The van der Waals surface area contributed by atoms with Gasteiger partial charge in [0.15, 0.2) is 0 Å². The quantitative estimate of drug-likeness (QED) is 0.518. The van der Waals surface area contributed by atoms with Crippen LogP contribution in [0, 0.1) is 0 Å². The van der Waals surface area contributed by atoms with Crippen LogP contribution in [0.1, 0.15) is 28.4 Å². The van der Waals surface area contributed by atoms with Crippen molar-refractivity contribution in [3.8, 4) is 23.0 Å². The molecule has 3 rings (SSSR count). The van der Waals surface area contributed by atoms with E-state index in [4.69, 9.17) is 18.9 Å². The van der Waals surface area contributed by atoms with E-state index in [0.29, 0.717) is 30.2 Å². The highest BCUT2D eigenvalue weighted by molar-refractivity contribution is 5.94. The van der Waals surface area contributed by atoms with E-state index in [1.54, 1.807) is 32.4 Å². The van der Waals surface area contributed by atoms with Gasteiger partial charge in [-0.1, -0.05) is 12.1 Å². The molecule has 1 amide bonds. The molecule has 3 aromatic rings. The van der Waals surface area contributed by atoms with Crippen molar-refractivity contribution in [1.82, 2.24) is 5.32 Å². The summed E-state index contributed by atoms with van der Waals surface area (Å²) in [5, 5.41) is 2.94. The highest BCUT2D eigenvalue weighted by Gasteiger charge is 2.12. The van der Waals surface area contributed by atoms with Gasteiger partial charge >= 0.3 is 0 Å². The molecule has 0 aliphatic heterocycles. The molecule has 0 heterocycles. The number of methoxy groups -OCH3 is 2. The zero-order valence-electron chi connectivity index (χ0n) is 18.0. The Morgan fingerprint density at radius 2 is 1.42 bits per heavy atom. The van der Waals surface area contributed by atoms with Crippen LogP contribution in [0.2, 0.25) is 0 Å². The number of rotatable bonds is 10. The van der Waals surface area contributed by atoms with E-state index >= 15 is 0 Å². The van der Waals surface area contributed by atoms with Crippen molar-refractivity contribution in [2.24, 2.45) is 0 Å². The molecule has 0 aliphatic rings. The highest BCUT2D eigenvalue weighted by atomic mass is 16.5. The lowest BCUT2D eigenvalue weighted by atomic mass is 10.1. The average molecular weight is 421 g/mol. The summed E-state index contributed by atoms with van der Waals surface area (Å²) in [4.78, 5) is 12.7. The Morgan fingerprint density at radius 3 is 2.03 bits per heavy atom. The smallest absolute Gasteiger partial charge is 0.251 e. The number of amides is 1. The predicted octanol–water partition coefficient (Wildman–Crippen LogP) is 4.61. The van der Waals surface area contributed by atoms with E-state index in [1.165, 1.54) is 0 Å². The maximum absolute atomic E-state index is 12.7. The van der Waals surface area contributed by atoms with Crippen LogP contribution in [0.5, 0.6) is 23.0 Å². The lowest BCUT2D eigenvalue weighted by Gasteiger charge is -2.14. The zero-order chi connectivity index (χ0) is 22.1. The van der Waals surface area contributed by atoms with Crippen LogP contribution in [0.3, 0.4) is 0 Å². The van der Waals surface area contributed by atoms with Gasteiger partial charge in [0.2, 0.25) is 0 Å². The van der Waals surface area contributed by atoms with Gasteiger partial charge in [0.25, 0.3) is 5.91 Å². The topological polar surface area (TPSA) is 66.0 Å². The molecule has 0 bridgehead atoms. The van der Waals surface area contributed by atoms with Crippen LogP contribution in [0.25, 0.3) is 0 Å². The average Bonchev–Trinajstić information content (AvgIpc) is 2.82. The Labute approximate surface area is 182 Å². The molecule has 162 valence electrons. The summed E-state index contributed by atoms with van der Waals surface area (Å²) in [6.07, 6.45) is 0. The molecule has 0 aliphatic carbocycles. The van der Waals surface area contributed by atoms with E-state index in [9.17, 15) is 4.79 Å². The molecule has 0 spiro atoms. The monoisotopic (exact) mass is 421 g/mol. The number of hydrogen-bond acceptors (Lipinski definition) is 5. The summed E-state index contributed by atoms with van der Waals surface area (Å²) >= 11 is 0. The Hall–Kier alpha value is -3.67. The van der Waals surface area contributed by atoms with Gasteiger partial charge in [-0.25, -0.2) is 0 Å². The molecular weight excluding hydrogens is 394 g/mol. The largest absolute Gasteiger partial charge is 0.497 e. The number of benzene rings is 3. The summed E-state index contributed by atoms with van der Waals surface area (Å²) in [7, 11) is 3.24. The minimum absolute atomic E-state index is 0.162. The molecule has 1 N–H and O–H groups in total. The van der Waals surface area contributed by atoms with Crippen LogP contribution in [-0.4, -0.2) is 26.7 Å². The molecule has 6 nitrogen and oxygen atoms in total. The molecule has 6 heteroatoms. The number of carbonyl (C=O) groups excluding carboxylic acids is 1. The molecule has 0 fully saturated rings. The second kappa shape index (κ2) is 10.9. The van der Waals surface area contributed by atoms with Crippen molar-refractivity contribution in [1.29, 1.82) is 0 Å². The molecule has 0 unspecified atom stereocenters. The lowest BCUT2D eigenvalue weighted by molar-refractivity contribution is 0.0950. The van der Waals surface area contributed by atoms with Crippen molar-refractivity contribution < 1.29 is 23.7 Å². The number of hydrogen-bond donors (Lipinski definition) is 1. The summed E-state index contributed by atoms with van der Waals surface area (Å²) in [6, 6.07) is 20.3. The van der Waals surface area contributed by atoms with Gasteiger partial charge in [-0.05, 0) is 67.1 Å². The van der Waals surface area contributed by atoms with Crippen LogP contribution < -0.4 is 24.3 Å².